The first-order chi connectivity index (χ1) is 12.4. The molecule has 0 aliphatic carbocycles. The maximum absolute atomic E-state index is 13.0. The standard InChI is InChI=1S/C20H23NO4S/c1-15-11-12-19(16(2)14-15)25-20(22)18-10-6-7-13-21(18)26(23,24)17-8-4-3-5-9-17/h3-5,8-9,11-12,14,18H,6-7,10,13H2,1-2H3. The monoisotopic (exact) mass is 373 g/mol. The van der Waals surface area contributed by atoms with Gasteiger partial charge in [0.2, 0.25) is 10.0 Å². The molecule has 1 saturated heterocycles. The highest BCUT2D eigenvalue weighted by Gasteiger charge is 2.38. The van der Waals surface area contributed by atoms with Gasteiger partial charge in [0.05, 0.1) is 4.90 Å². The van der Waals surface area contributed by atoms with Crippen LogP contribution in [0.25, 0.3) is 0 Å². The lowest BCUT2D eigenvalue weighted by atomic mass is 10.1. The molecule has 1 aliphatic rings. The van der Waals surface area contributed by atoms with E-state index < -0.39 is 22.0 Å². The molecule has 26 heavy (non-hydrogen) atoms. The van der Waals surface area contributed by atoms with E-state index in [2.05, 4.69) is 0 Å². The number of aryl methyl sites for hydroxylation is 2. The molecule has 2 aromatic rings. The highest BCUT2D eigenvalue weighted by Crippen LogP contribution is 2.27. The molecule has 3 rings (SSSR count). The molecule has 6 heteroatoms. The van der Waals surface area contributed by atoms with Gasteiger partial charge >= 0.3 is 5.97 Å². The Kier molecular flexibility index (Phi) is 5.44. The highest BCUT2D eigenvalue weighted by atomic mass is 32.2. The summed E-state index contributed by atoms with van der Waals surface area (Å²) in [6, 6.07) is 13.0. The molecule has 0 N–H and O–H groups in total. The van der Waals surface area contributed by atoms with Crippen LogP contribution in [0.3, 0.4) is 0 Å². The molecule has 0 bridgehead atoms. The minimum Gasteiger partial charge on any atom is -0.425 e. The van der Waals surface area contributed by atoms with Crippen LogP contribution < -0.4 is 4.74 Å². The molecule has 5 nitrogen and oxygen atoms in total. The first-order valence-electron chi connectivity index (χ1n) is 8.75. The summed E-state index contributed by atoms with van der Waals surface area (Å²) in [7, 11) is -3.73. The average molecular weight is 373 g/mol. The van der Waals surface area contributed by atoms with Crippen molar-refractivity contribution in [1.29, 1.82) is 0 Å². The quantitative estimate of drug-likeness (QED) is 0.608. The van der Waals surface area contributed by atoms with Gasteiger partial charge in [-0.1, -0.05) is 35.9 Å². The van der Waals surface area contributed by atoms with E-state index in [4.69, 9.17) is 4.74 Å². The van der Waals surface area contributed by atoms with E-state index in [1.54, 1.807) is 36.4 Å². The Bertz CT molecular complexity index is 893. The van der Waals surface area contributed by atoms with E-state index in [9.17, 15) is 13.2 Å². The van der Waals surface area contributed by atoms with Crippen molar-refractivity contribution in [3.05, 3.63) is 59.7 Å². The summed E-state index contributed by atoms with van der Waals surface area (Å²) in [5.74, 6) is -0.0422. The Labute approximate surface area is 154 Å². The van der Waals surface area contributed by atoms with Gasteiger partial charge in [-0.25, -0.2) is 13.2 Å². The van der Waals surface area contributed by atoms with Crippen molar-refractivity contribution in [1.82, 2.24) is 4.31 Å². The molecular formula is C20H23NO4S. The molecule has 1 aliphatic heterocycles. The lowest BCUT2D eigenvalue weighted by Crippen LogP contribution is -2.49. The molecule has 2 aromatic carbocycles. The second-order valence-electron chi connectivity index (χ2n) is 6.63. The van der Waals surface area contributed by atoms with Crippen molar-refractivity contribution in [3.8, 4) is 5.75 Å². The molecule has 138 valence electrons. The number of benzene rings is 2. The van der Waals surface area contributed by atoms with E-state index in [1.165, 1.54) is 4.31 Å². The number of rotatable bonds is 4. The van der Waals surface area contributed by atoms with Crippen LogP contribution in [-0.4, -0.2) is 31.3 Å². The van der Waals surface area contributed by atoms with Gasteiger partial charge in [0, 0.05) is 6.54 Å². The van der Waals surface area contributed by atoms with Crippen molar-refractivity contribution in [2.24, 2.45) is 0 Å². The summed E-state index contributed by atoms with van der Waals surface area (Å²) in [6.45, 7) is 4.16. The number of piperidine rings is 1. The maximum Gasteiger partial charge on any atom is 0.329 e. The van der Waals surface area contributed by atoms with Gasteiger partial charge in [-0.3, -0.25) is 0 Å². The number of nitrogens with zero attached hydrogens (tertiary/aromatic N) is 1. The zero-order chi connectivity index (χ0) is 18.7. The van der Waals surface area contributed by atoms with Crippen LogP contribution in [-0.2, 0) is 14.8 Å². The number of carbonyl (C=O) groups is 1. The fraction of sp³-hybridized carbons (Fsp3) is 0.350. The number of ether oxygens (including phenoxy) is 1. The van der Waals surface area contributed by atoms with Crippen LogP contribution in [0, 0.1) is 13.8 Å². The number of sulfonamides is 1. The number of hydrogen-bond donors (Lipinski definition) is 0. The Hall–Kier alpha value is -2.18. The summed E-state index contributed by atoms with van der Waals surface area (Å²) in [4.78, 5) is 13.0. The molecule has 1 heterocycles. The van der Waals surface area contributed by atoms with Crippen LogP contribution in [0.1, 0.15) is 30.4 Å². The second-order valence-corrected chi connectivity index (χ2v) is 8.52. The van der Waals surface area contributed by atoms with Crippen molar-refractivity contribution >= 4 is 16.0 Å². The summed E-state index contributed by atoms with van der Waals surface area (Å²) >= 11 is 0. The fourth-order valence-electron chi connectivity index (χ4n) is 3.25. The van der Waals surface area contributed by atoms with Crippen LogP contribution in [0.15, 0.2) is 53.4 Å². The SMILES string of the molecule is Cc1ccc(OC(=O)C2CCCCN2S(=O)(=O)c2ccccc2)c(C)c1. The minimum absolute atomic E-state index is 0.200. The third-order valence-electron chi connectivity index (χ3n) is 4.62. The summed E-state index contributed by atoms with van der Waals surface area (Å²) in [6.07, 6.45) is 2.00. The maximum atomic E-state index is 13.0. The fourth-order valence-corrected chi connectivity index (χ4v) is 4.91. The van der Waals surface area contributed by atoms with Gasteiger partial charge in [-0.2, -0.15) is 4.31 Å². The molecule has 1 fully saturated rings. The molecular weight excluding hydrogens is 350 g/mol. The van der Waals surface area contributed by atoms with Crippen molar-refractivity contribution in [2.75, 3.05) is 6.54 Å². The Morgan fingerprint density at radius 2 is 1.81 bits per heavy atom. The van der Waals surface area contributed by atoms with Crippen LogP contribution in [0.2, 0.25) is 0 Å². The van der Waals surface area contributed by atoms with Crippen molar-refractivity contribution in [2.45, 2.75) is 44.0 Å². The first-order valence-corrected chi connectivity index (χ1v) is 10.2. The van der Waals surface area contributed by atoms with E-state index in [0.29, 0.717) is 18.7 Å². The predicted octanol–water partition coefficient (Wildman–Crippen LogP) is 3.45. The molecule has 0 spiro atoms. The van der Waals surface area contributed by atoms with Gasteiger partial charge in [0.15, 0.2) is 0 Å². The predicted molar refractivity (Wildman–Crippen MR) is 99.5 cm³/mol. The second kappa shape index (κ2) is 7.60. The van der Waals surface area contributed by atoms with E-state index in [-0.39, 0.29) is 4.90 Å². The van der Waals surface area contributed by atoms with Gasteiger partial charge < -0.3 is 4.74 Å². The summed E-state index contributed by atoms with van der Waals surface area (Å²) in [5.41, 5.74) is 1.93. The molecule has 0 saturated carbocycles. The molecule has 1 unspecified atom stereocenters. The van der Waals surface area contributed by atoms with Gasteiger partial charge in [0.25, 0.3) is 0 Å². The zero-order valence-corrected chi connectivity index (χ0v) is 15.8. The normalized spacial score (nSPS) is 18.5. The lowest BCUT2D eigenvalue weighted by molar-refractivity contribution is -0.139. The molecule has 0 radical (unpaired) electrons. The third kappa shape index (κ3) is 3.81. The Morgan fingerprint density at radius 1 is 1.08 bits per heavy atom. The van der Waals surface area contributed by atoms with Crippen molar-refractivity contribution in [3.63, 3.8) is 0 Å². The molecule has 0 amide bonds. The van der Waals surface area contributed by atoms with Crippen molar-refractivity contribution < 1.29 is 17.9 Å². The van der Waals surface area contributed by atoms with E-state index in [1.807, 2.05) is 26.0 Å². The lowest BCUT2D eigenvalue weighted by Gasteiger charge is -2.33. The smallest absolute Gasteiger partial charge is 0.329 e. The molecule has 0 aromatic heterocycles. The zero-order valence-electron chi connectivity index (χ0n) is 15.0. The summed E-state index contributed by atoms with van der Waals surface area (Å²) < 4.78 is 32.8. The van der Waals surface area contributed by atoms with Gasteiger partial charge in [-0.05, 0) is 56.9 Å². The Morgan fingerprint density at radius 3 is 2.50 bits per heavy atom. The van der Waals surface area contributed by atoms with E-state index >= 15 is 0 Å². The first kappa shape index (κ1) is 18.6. The topological polar surface area (TPSA) is 63.7 Å². The van der Waals surface area contributed by atoms with Gasteiger partial charge in [0.1, 0.15) is 11.8 Å². The number of carbonyl (C=O) groups excluding carboxylic acids is 1. The Balaban J connectivity index is 1.86. The average Bonchev–Trinajstić information content (AvgIpc) is 2.64. The van der Waals surface area contributed by atoms with Crippen LogP contribution in [0.5, 0.6) is 5.75 Å². The largest absolute Gasteiger partial charge is 0.425 e. The highest BCUT2D eigenvalue weighted by molar-refractivity contribution is 7.89. The third-order valence-corrected chi connectivity index (χ3v) is 6.54. The van der Waals surface area contributed by atoms with E-state index in [0.717, 1.165) is 24.0 Å². The summed E-state index contributed by atoms with van der Waals surface area (Å²) in [5, 5.41) is 0. The van der Waals surface area contributed by atoms with Crippen LogP contribution in [0.4, 0.5) is 0 Å². The van der Waals surface area contributed by atoms with Gasteiger partial charge in [-0.15, -0.1) is 0 Å². The molecule has 1 atom stereocenters. The number of esters is 1. The number of hydrogen-bond acceptors (Lipinski definition) is 4. The minimum atomic E-state index is -3.73. The van der Waals surface area contributed by atoms with Crippen LogP contribution >= 0.6 is 0 Å².